The molecule has 1 atom stereocenters. The minimum Gasteiger partial charge on any atom is -0.376 e. The number of nitrogens with zero attached hydrogens (tertiary/aromatic N) is 4. The molecular formula is C22H27N7O. The van der Waals surface area contributed by atoms with Crippen LogP contribution in [-0.4, -0.2) is 45.3 Å². The van der Waals surface area contributed by atoms with Crippen molar-refractivity contribution in [1.82, 2.24) is 24.8 Å². The van der Waals surface area contributed by atoms with Gasteiger partial charge < -0.3 is 25.3 Å². The van der Waals surface area contributed by atoms with Crippen molar-refractivity contribution in [3.05, 3.63) is 53.7 Å². The molecule has 1 fully saturated rings. The standard InChI is InChI=1S/C22H27N7O/c1-15-24-10-11-29(15)17-6-4-16(5-7-17)26-22-27-20-8-9-23-14-19(20)21(28-22)25-13-18-3-2-12-30-18/h4-7,10-11,18,23H,2-3,8-9,12-14H2,1H3,(H2,25,26,27,28)/t18-/m0/s1. The second-order valence-electron chi connectivity index (χ2n) is 7.78. The quantitative estimate of drug-likeness (QED) is 0.581. The smallest absolute Gasteiger partial charge is 0.229 e. The first-order valence-electron chi connectivity index (χ1n) is 10.6. The van der Waals surface area contributed by atoms with Crippen molar-refractivity contribution >= 4 is 17.5 Å². The zero-order valence-corrected chi connectivity index (χ0v) is 17.2. The lowest BCUT2D eigenvalue weighted by Gasteiger charge is -2.22. The zero-order valence-electron chi connectivity index (χ0n) is 17.2. The molecule has 2 aromatic heterocycles. The molecule has 30 heavy (non-hydrogen) atoms. The van der Waals surface area contributed by atoms with E-state index in [1.54, 1.807) is 0 Å². The number of ether oxygens (including phenoxy) is 1. The maximum absolute atomic E-state index is 5.75. The highest BCUT2D eigenvalue weighted by Crippen LogP contribution is 2.25. The Morgan fingerprint density at radius 3 is 2.90 bits per heavy atom. The fraction of sp³-hybridized carbons (Fsp3) is 0.409. The highest BCUT2D eigenvalue weighted by molar-refractivity contribution is 5.59. The van der Waals surface area contributed by atoms with E-state index < -0.39 is 0 Å². The van der Waals surface area contributed by atoms with Crippen molar-refractivity contribution in [2.24, 2.45) is 0 Å². The zero-order chi connectivity index (χ0) is 20.3. The van der Waals surface area contributed by atoms with Crippen molar-refractivity contribution in [2.45, 2.75) is 38.8 Å². The van der Waals surface area contributed by atoms with Crippen molar-refractivity contribution in [1.29, 1.82) is 0 Å². The van der Waals surface area contributed by atoms with Gasteiger partial charge in [0, 0.05) is 62.0 Å². The number of aromatic nitrogens is 4. The number of fused-ring (bicyclic) bond motifs is 1. The van der Waals surface area contributed by atoms with Gasteiger partial charge in [-0.25, -0.2) is 9.97 Å². The normalized spacial score (nSPS) is 18.2. The fourth-order valence-electron chi connectivity index (χ4n) is 4.05. The molecule has 0 bridgehead atoms. The molecule has 0 radical (unpaired) electrons. The van der Waals surface area contributed by atoms with Crippen LogP contribution in [0.3, 0.4) is 0 Å². The molecule has 0 spiro atoms. The molecule has 156 valence electrons. The molecule has 0 aliphatic carbocycles. The van der Waals surface area contributed by atoms with Crippen LogP contribution in [0.2, 0.25) is 0 Å². The number of nitrogens with one attached hydrogen (secondary N) is 3. The summed E-state index contributed by atoms with van der Waals surface area (Å²) in [5.74, 6) is 2.48. The topological polar surface area (TPSA) is 88.9 Å². The van der Waals surface area contributed by atoms with Gasteiger partial charge in [0.05, 0.1) is 11.8 Å². The van der Waals surface area contributed by atoms with Crippen LogP contribution in [0.15, 0.2) is 36.7 Å². The van der Waals surface area contributed by atoms with Gasteiger partial charge in [0.2, 0.25) is 5.95 Å². The third-order valence-corrected chi connectivity index (χ3v) is 5.68. The Kier molecular flexibility index (Phi) is 5.33. The van der Waals surface area contributed by atoms with Gasteiger partial charge in [0.15, 0.2) is 0 Å². The number of anilines is 3. The average Bonchev–Trinajstić information content (AvgIpc) is 3.44. The summed E-state index contributed by atoms with van der Waals surface area (Å²) in [5.41, 5.74) is 4.30. The van der Waals surface area contributed by atoms with Gasteiger partial charge in [-0.1, -0.05) is 0 Å². The highest BCUT2D eigenvalue weighted by atomic mass is 16.5. The van der Waals surface area contributed by atoms with Gasteiger partial charge in [-0.05, 0) is 44.0 Å². The Hall–Kier alpha value is -2.97. The summed E-state index contributed by atoms with van der Waals surface area (Å²) in [7, 11) is 0. The molecule has 2 aliphatic rings. The Bertz CT molecular complexity index is 1010. The summed E-state index contributed by atoms with van der Waals surface area (Å²) in [5, 5.41) is 10.3. The molecule has 5 rings (SSSR count). The summed E-state index contributed by atoms with van der Waals surface area (Å²) in [4.78, 5) is 13.9. The second-order valence-corrected chi connectivity index (χ2v) is 7.78. The van der Waals surface area contributed by atoms with Crippen molar-refractivity contribution < 1.29 is 4.74 Å². The molecule has 1 saturated heterocycles. The van der Waals surface area contributed by atoms with E-state index in [1.807, 2.05) is 31.5 Å². The largest absolute Gasteiger partial charge is 0.376 e. The van der Waals surface area contributed by atoms with E-state index >= 15 is 0 Å². The molecule has 0 saturated carbocycles. The third-order valence-electron chi connectivity index (χ3n) is 5.68. The fourth-order valence-corrected chi connectivity index (χ4v) is 4.05. The van der Waals surface area contributed by atoms with Gasteiger partial charge in [0.25, 0.3) is 0 Å². The minimum atomic E-state index is 0.266. The lowest BCUT2D eigenvalue weighted by Crippen LogP contribution is -2.28. The van der Waals surface area contributed by atoms with E-state index in [-0.39, 0.29) is 6.10 Å². The number of hydrogen-bond acceptors (Lipinski definition) is 7. The first-order chi connectivity index (χ1) is 14.8. The SMILES string of the molecule is Cc1nccn1-c1ccc(Nc2nc3c(c(NC[C@@H]4CCCO4)n2)CNCC3)cc1. The Morgan fingerprint density at radius 2 is 2.13 bits per heavy atom. The van der Waals surface area contributed by atoms with Crippen LogP contribution in [0.1, 0.15) is 29.9 Å². The maximum atomic E-state index is 5.75. The van der Waals surface area contributed by atoms with E-state index in [2.05, 4.69) is 37.6 Å². The number of hydrogen-bond donors (Lipinski definition) is 3. The third kappa shape index (κ3) is 4.01. The molecule has 8 nitrogen and oxygen atoms in total. The van der Waals surface area contributed by atoms with Crippen molar-refractivity contribution in [2.75, 3.05) is 30.3 Å². The number of benzene rings is 1. The Labute approximate surface area is 176 Å². The van der Waals surface area contributed by atoms with Crippen molar-refractivity contribution in [3.8, 4) is 5.69 Å². The van der Waals surface area contributed by atoms with Gasteiger partial charge in [-0.15, -0.1) is 0 Å². The molecule has 2 aliphatic heterocycles. The van der Waals surface area contributed by atoms with Crippen LogP contribution >= 0.6 is 0 Å². The molecular weight excluding hydrogens is 378 g/mol. The summed E-state index contributed by atoms with van der Waals surface area (Å²) in [6.45, 7) is 5.36. The average molecular weight is 406 g/mol. The van der Waals surface area contributed by atoms with E-state index in [9.17, 15) is 0 Å². The maximum Gasteiger partial charge on any atom is 0.229 e. The van der Waals surface area contributed by atoms with E-state index in [4.69, 9.17) is 14.7 Å². The van der Waals surface area contributed by atoms with Crippen LogP contribution in [0.25, 0.3) is 5.69 Å². The summed E-state index contributed by atoms with van der Waals surface area (Å²) < 4.78 is 7.81. The number of rotatable bonds is 6. The van der Waals surface area contributed by atoms with Crippen LogP contribution in [0.5, 0.6) is 0 Å². The highest BCUT2D eigenvalue weighted by Gasteiger charge is 2.20. The van der Waals surface area contributed by atoms with Gasteiger partial charge in [0.1, 0.15) is 11.6 Å². The summed E-state index contributed by atoms with van der Waals surface area (Å²) in [6, 6.07) is 8.21. The van der Waals surface area contributed by atoms with E-state index in [1.165, 1.54) is 0 Å². The molecule has 4 heterocycles. The molecule has 3 N–H and O–H groups in total. The van der Waals surface area contributed by atoms with Gasteiger partial charge >= 0.3 is 0 Å². The number of imidazole rings is 1. The lowest BCUT2D eigenvalue weighted by atomic mass is 10.1. The monoisotopic (exact) mass is 405 g/mol. The predicted octanol–water partition coefficient (Wildman–Crippen LogP) is 2.95. The first kappa shape index (κ1) is 19.0. The Balaban J connectivity index is 1.35. The second kappa shape index (κ2) is 8.41. The van der Waals surface area contributed by atoms with E-state index in [0.29, 0.717) is 5.95 Å². The molecule has 8 heteroatoms. The van der Waals surface area contributed by atoms with Crippen LogP contribution in [-0.2, 0) is 17.7 Å². The predicted molar refractivity (Wildman–Crippen MR) is 116 cm³/mol. The lowest BCUT2D eigenvalue weighted by molar-refractivity contribution is 0.120. The van der Waals surface area contributed by atoms with Crippen molar-refractivity contribution in [3.63, 3.8) is 0 Å². The van der Waals surface area contributed by atoms with Crippen LogP contribution in [0.4, 0.5) is 17.5 Å². The van der Waals surface area contributed by atoms with Gasteiger partial charge in [-0.2, -0.15) is 4.98 Å². The van der Waals surface area contributed by atoms with Gasteiger partial charge in [-0.3, -0.25) is 0 Å². The summed E-state index contributed by atoms with van der Waals surface area (Å²) in [6.07, 6.45) is 7.18. The van der Waals surface area contributed by atoms with E-state index in [0.717, 1.165) is 79.8 Å². The number of aryl methyl sites for hydroxylation is 1. The Morgan fingerprint density at radius 1 is 1.23 bits per heavy atom. The van der Waals surface area contributed by atoms with Crippen LogP contribution < -0.4 is 16.0 Å². The molecule has 0 unspecified atom stereocenters. The van der Waals surface area contributed by atoms with Crippen LogP contribution in [0, 0.1) is 6.92 Å². The summed E-state index contributed by atoms with van der Waals surface area (Å²) >= 11 is 0. The molecule has 3 aromatic rings. The molecule has 0 amide bonds. The first-order valence-corrected chi connectivity index (χ1v) is 10.6. The minimum absolute atomic E-state index is 0.266. The molecule has 1 aromatic carbocycles.